The Kier molecular flexibility index (Phi) is 5.75. The topological polar surface area (TPSA) is 52.3 Å². The quantitative estimate of drug-likeness (QED) is 0.908. The van der Waals surface area contributed by atoms with Gasteiger partial charge in [-0.05, 0) is 37.3 Å². The molecule has 3 unspecified atom stereocenters. The molecule has 0 amide bonds. The minimum absolute atomic E-state index is 0.0226. The normalized spacial score (nSPS) is 21.4. The van der Waals surface area contributed by atoms with Crippen LogP contribution in [0, 0.1) is 0 Å². The van der Waals surface area contributed by atoms with Gasteiger partial charge in [0.25, 0.3) is 0 Å². The summed E-state index contributed by atoms with van der Waals surface area (Å²) in [5.41, 5.74) is 8.70. The average molecular weight is 295 g/mol. The van der Waals surface area contributed by atoms with E-state index in [0.29, 0.717) is 0 Å². The van der Waals surface area contributed by atoms with Crippen LogP contribution in [0.3, 0.4) is 0 Å². The molecule has 0 radical (unpaired) electrons. The van der Waals surface area contributed by atoms with E-state index in [4.69, 9.17) is 10.5 Å². The number of rotatable bonds is 5. The van der Waals surface area contributed by atoms with Crippen LogP contribution in [0.25, 0.3) is 0 Å². The van der Waals surface area contributed by atoms with Gasteiger partial charge in [-0.1, -0.05) is 31.2 Å². The van der Waals surface area contributed by atoms with E-state index in [1.165, 1.54) is 5.56 Å². The van der Waals surface area contributed by atoms with Crippen LogP contribution in [-0.2, 0) is 22.0 Å². The molecule has 0 aliphatic carbocycles. The monoisotopic (exact) mass is 295 g/mol. The van der Waals surface area contributed by atoms with Crippen molar-refractivity contribution in [2.75, 3.05) is 13.2 Å². The molecule has 1 aromatic rings. The summed E-state index contributed by atoms with van der Waals surface area (Å²) in [7, 11) is -0.894. The standard InChI is InChI=1S/C16H25NO2S/c1-3-13-4-6-14(7-5-13)16(17)12(2)20(18)15-8-10-19-11-9-15/h4-7,12,15-16H,3,8-11,17H2,1-2H3. The van der Waals surface area contributed by atoms with Gasteiger partial charge < -0.3 is 10.5 Å². The van der Waals surface area contributed by atoms with Crippen LogP contribution in [-0.4, -0.2) is 27.9 Å². The summed E-state index contributed by atoms with van der Waals surface area (Å²) in [5.74, 6) is 0. The van der Waals surface area contributed by atoms with Gasteiger partial charge in [-0.15, -0.1) is 0 Å². The van der Waals surface area contributed by atoms with Crippen LogP contribution in [0.1, 0.15) is 43.9 Å². The highest BCUT2D eigenvalue weighted by atomic mass is 32.2. The molecule has 0 aromatic heterocycles. The summed E-state index contributed by atoms with van der Waals surface area (Å²) in [6, 6.07) is 8.20. The van der Waals surface area contributed by atoms with Gasteiger partial charge >= 0.3 is 0 Å². The lowest BCUT2D eigenvalue weighted by Gasteiger charge is -2.27. The largest absolute Gasteiger partial charge is 0.381 e. The molecule has 0 spiro atoms. The highest BCUT2D eigenvalue weighted by molar-refractivity contribution is 7.86. The zero-order valence-corrected chi connectivity index (χ0v) is 13.2. The summed E-state index contributed by atoms with van der Waals surface area (Å²) < 4.78 is 17.9. The Morgan fingerprint density at radius 3 is 2.45 bits per heavy atom. The Balaban J connectivity index is 2.02. The molecule has 1 aromatic carbocycles. The minimum Gasteiger partial charge on any atom is -0.381 e. The Hall–Kier alpha value is -0.710. The molecule has 0 bridgehead atoms. The number of ether oxygens (including phenoxy) is 1. The van der Waals surface area contributed by atoms with E-state index in [2.05, 4.69) is 31.2 Å². The van der Waals surface area contributed by atoms with Crippen molar-refractivity contribution in [3.05, 3.63) is 35.4 Å². The van der Waals surface area contributed by atoms with E-state index < -0.39 is 10.8 Å². The van der Waals surface area contributed by atoms with Crippen molar-refractivity contribution in [2.45, 2.75) is 49.7 Å². The molecule has 3 atom stereocenters. The highest BCUT2D eigenvalue weighted by Crippen LogP contribution is 2.24. The van der Waals surface area contributed by atoms with E-state index in [-0.39, 0.29) is 16.5 Å². The molecule has 1 aliphatic rings. The highest BCUT2D eigenvalue weighted by Gasteiger charge is 2.28. The van der Waals surface area contributed by atoms with Crippen molar-refractivity contribution in [1.29, 1.82) is 0 Å². The van der Waals surface area contributed by atoms with E-state index in [1.54, 1.807) is 0 Å². The maximum atomic E-state index is 12.6. The molecule has 2 rings (SSSR count). The van der Waals surface area contributed by atoms with Crippen LogP contribution in [0.2, 0.25) is 0 Å². The van der Waals surface area contributed by atoms with E-state index >= 15 is 0 Å². The summed E-state index contributed by atoms with van der Waals surface area (Å²) in [6.45, 7) is 5.59. The molecule has 112 valence electrons. The lowest BCUT2D eigenvalue weighted by atomic mass is 10.0. The molecule has 2 N–H and O–H groups in total. The molecule has 4 heteroatoms. The number of benzene rings is 1. The Labute approximate surface area is 124 Å². The summed E-state index contributed by atoms with van der Waals surface area (Å²) in [6.07, 6.45) is 2.80. The minimum atomic E-state index is -0.894. The zero-order valence-electron chi connectivity index (χ0n) is 12.4. The first-order valence-electron chi connectivity index (χ1n) is 7.45. The second-order valence-electron chi connectivity index (χ2n) is 5.47. The molecule has 1 aliphatic heterocycles. The second-order valence-corrected chi connectivity index (χ2v) is 7.53. The Morgan fingerprint density at radius 1 is 1.30 bits per heavy atom. The van der Waals surface area contributed by atoms with E-state index in [0.717, 1.165) is 38.0 Å². The van der Waals surface area contributed by atoms with Crippen molar-refractivity contribution in [1.82, 2.24) is 0 Å². The van der Waals surface area contributed by atoms with Crippen LogP contribution in [0.15, 0.2) is 24.3 Å². The van der Waals surface area contributed by atoms with Crippen molar-refractivity contribution in [3.63, 3.8) is 0 Å². The van der Waals surface area contributed by atoms with E-state index in [9.17, 15) is 4.21 Å². The fourth-order valence-corrected chi connectivity index (χ4v) is 4.31. The summed E-state index contributed by atoms with van der Waals surface area (Å²) in [5, 5.41) is 0.213. The van der Waals surface area contributed by atoms with Crippen molar-refractivity contribution >= 4 is 10.8 Å². The number of nitrogens with two attached hydrogens (primary N) is 1. The van der Waals surface area contributed by atoms with E-state index in [1.807, 2.05) is 6.92 Å². The molecular weight excluding hydrogens is 270 g/mol. The third kappa shape index (κ3) is 3.68. The summed E-state index contributed by atoms with van der Waals surface area (Å²) in [4.78, 5) is 0. The maximum Gasteiger partial charge on any atom is 0.0515 e. The first-order chi connectivity index (χ1) is 9.63. The van der Waals surface area contributed by atoms with Gasteiger partial charge in [0.05, 0.1) is 5.25 Å². The molecule has 1 saturated heterocycles. The Bertz CT molecular complexity index is 440. The molecule has 0 saturated carbocycles. The van der Waals surface area contributed by atoms with Crippen LogP contribution >= 0.6 is 0 Å². The van der Waals surface area contributed by atoms with Crippen LogP contribution < -0.4 is 5.73 Å². The van der Waals surface area contributed by atoms with Crippen LogP contribution in [0.4, 0.5) is 0 Å². The van der Waals surface area contributed by atoms with Gasteiger partial charge in [0, 0.05) is 35.3 Å². The lowest BCUT2D eigenvalue weighted by molar-refractivity contribution is 0.0990. The Morgan fingerprint density at radius 2 is 1.90 bits per heavy atom. The molecular formula is C16H25NO2S. The van der Waals surface area contributed by atoms with Crippen molar-refractivity contribution < 1.29 is 8.95 Å². The fourth-order valence-electron chi connectivity index (χ4n) is 2.60. The smallest absolute Gasteiger partial charge is 0.0515 e. The van der Waals surface area contributed by atoms with Gasteiger partial charge in [-0.2, -0.15) is 0 Å². The predicted molar refractivity (Wildman–Crippen MR) is 84.2 cm³/mol. The number of hydrogen-bond acceptors (Lipinski definition) is 3. The zero-order chi connectivity index (χ0) is 14.5. The predicted octanol–water partition coefficient (Wildman–Crippen LogP) is 2.57. The SMILES string of the molecule is CCc1ccc(C(N)C(C)S(=O)C2CCOCC2)cc1. The molecule has 20 heavy (non-hydrogen) atoms. The molecule has 3 nitrogen and oxygen atoms in total. The third-order valence-corrected chi connectivity index (χ3v) is 6.30. The van der Waals surface area contributed by atoms with Gasteiger partial charge in [-0.3, -0.25) is 4.21 Å². The van der Waals surface area contributed by atoms with Crippen LogP contribution in [0.5, 0.6) is 0 Å². The number of hydrogen-bond donors (Lipinski definition) is 1. The third-order valence-electron chi connectivity index (χ3n) is 4.14. The number of aryl methyl sites for hydroxylation is 1. The average Bonchev–Trinajstić information content (AvgIpc) is 2.53. The first kappa shape index (κ1) is 15.7. The maximum absolute atomic E-state index is 12.6. The lowest BCUT2D eigenvalue weighted by Crippen LogP contribution is -2.36. The first-order valence-corrected chi connectivity index (χ1v) is 8.72. The second kappa shape index (κ2) is 7.34. The van der Waals surface area contributed by atoms with Crippen molar-refractivity contribution in [2.24, 2.45) is 5.73 Å². The van der Waals surface area contributed by atoms with Crippen molar-refractivity contribution in [3.8, 4) is 0 Å². The van der Waals surface area contributed by atoms with Gasteiger partial charge in [0.15, 0.2) is 0 Å². The summed E-state index contributed by atoms with van der Waals surface area (Å²) >= 11 is 0. The van der Waals surface area contributed by atoms with Gasteiger partial charge in [0.2, 0.25) is 0 Å². The van der Waals surface area contributed by atoms with Gasteiger partial charge in [-0.25, -0.2) is 0 Å². The molecule has 1 fully saturated rings. The van der Waals surface area contributed by atoms with Gasteiger partial charge in [0.1, 0.15) is 0 Å². The fraction of sp³-hybridized carbons (Fsp3) is 0.625. The molecule has 1 heterocycles.